The van der Waals surface area contributed by atoms with Crippen molar-refractivity contribution in [2.45, 2.75) is 82.6 Å². The Hall–Kier alpha value is -5.70. The fourth-order valence-corrected chi connectivity index (χ4v) is 6.31. The van der Waals surface area contributed by atoms with E-state index in [9.17, 15) is 29.1 Å². The van der Waals surface area contributed by atoms with Gasteiger partial charge in [-0.1, -0.05) is 68.4 Å². The molecule has 3 aromatic carbocycles. The number of likely N-dealkylation sites (N-methyl/N-ethyl adjacent to an activating group) is 1. The molecule has 3 aromatic rings. The number of phenolic OH excluding ortho intramolecular Hbond substituents is 1. The lowest BCUT2D eigenvalue weighted by Gasteiger charge is -2.32. The number of hydrogen-bond acceptors (Lipinski definition) is 8. The summed E-state index contributed by atoms with van der Waals surface area (Å²) in [6.07, 6.45) is 1.36. The monoisotopic (exact) mass is 743 g/mol. The van der Waals surface area contributed by atoms with E-state index in [4.69, 9.17) is 11.5 Å². The van der Waals surface area contributed by atoms with Gasteiger partial charge in [-0.25, -0.2) is 0 Å². The van der Waals surface area contributed by atoms with Crippen LogP contribution in [0.25, 0.3) is 10.8 Å². The second kappa shape index (κ2) is 19.9. The Balaban J connectivity index is 1.70. The molecule has 4 atom stereocenters. The molecule has 0 radical (unpaired) electrons. The van der Waals surface area contributed by atoms with Crippen molar-refractivity contribution in [1.29, 1.82) is 0 Å². The van der Waals surface area contributed by atoms with Crippen LogP contribution in [0.4, 0.5) is 0 Å². The molecule has 0 spiro atoms. The number of fused-ring (bicyclic) bond motifs is 1. The summed E-state index contributed by atoms with van der Waals surface area (Å²) in [6, 6.07) is 15.5. The van der Waals surface area contributed by atoms with E-state index in [1.54, 1.807) is 12.1 Å². The number of hydrogen-bond donors (Lipinski definition) is 8. The van der Waals surface area contributed by atoms with Gasteiger partial charge in [0.1, 0.15) is 29.9 Å². The molecule has 0 saturated carbocycles. The summed E-state index contributed by atoms with van der Waals surface area (Å²) in [7, 11) is 1.49. The molecule has 1 heterocycles. The summed E-state index contributed by atoms with van der Waals surface area (Å²) in [4.78, 5) is 74.8. The standard InChI is InChI=1S/C39H53N9O6/c1-24(2)42-18-7-11-33-37(53)46-30(10-6-19-43-39(40)41)36(52)47-31(22-26-12-15-27-8-4-5-9-28(27)20-26)35(51)44-23-34(50)45-32(38(54)48(33)3)21-25-13-16-29(49)17-14-25/h4-5,8-9,12-17,20,24,30-33,42,49H,6-7,10-11,18-19,21-23H2,1-3H3,(H,44,51)(H,45,50)(H,46,53)(H,47,52)(H4,40,41,43). The second-order valence-corrected chi connectivity index (χ2v) is 13.9. The maximum absolute atomic E-state index is 14.2. The van der Waals surface area contributed by atoms with E-state index in [2.05, 4.69) is 31.6 Å². The van der Waals surface area contributed by atoms with Gasteiger partial charge < -0.3 is 48.1 Å². The predicted octanol–water partition coefficient (Wildman–Crippen LogP) is 0.574. The quantitative estimate of drug-likeness (QED) is 0.0694. The molecule has 15 heteroatoms. The Morgan fingerprint density at radius 3 is 2.19 bits per heavy atom. The number of nitrogens with one attached hydrogen (secondary N) is 5. The summed E-state index contributed by atoms with van der Waals surface area (Å²) >= 11 is 0. The lowest BCUT2D eigenvalue weighted by atomic mass is 10.00. The van der Waals surface area contributed by atoms with Crippen LogP contribution in [-0.2, 0) is 36.8 Å². The summed E-state index contributed by atoms with van der Waals surface area (Å²) in [5.74, 6) is -3.07. The molecule has 15 nitrogen and oxygen atoms in total. The highest BCUT2D eigenvalue weighted by atomic mass is 16.3. The summed E-state index contributed by atoms with van der Waals surface area (Å²) in [5, 5.41) is 26.1. The second-order valence-electron chi connectivity index (χ2n) is 13.9. The molecule has 54 heavy (non-hydrogen) atoms. The van der Waals surface area contributed by atoms with E-state index in [0.29, 0.717) is 24.9 Å². The predicted molar refractivity (Wildman–Crippen MR) is 207 cm³/mol. The van der Waals surface area contributed by atoms with Gasteiger partial charge in [-0.15, -0.1) is 0 Å². The van der Waals surface area contributed by atoms with Gasteiger partial charge in [0.25, 0.3) is 0 Å². The zero-order chi connectivity index (χ0) is 39.2. The maximum atomic E-state index is 14.2. The molecule has 1 saturated heterocycles. The van der Waals surface area contributed by atoms with Crippen molar-refractivity contribution in [2.75, 3.05) is 26.7 Å². The number of benzene rings is 3. The first kappa shape index (κ1) is 41.1. The molecule has 0 aliphatic carbocycles. The normalized spacial score (nSPS) is 20.4. The molecule has 0 aromatic heterocycles. The van der Waals surface area contributed by atoms with E-state index < -0.39 is 60.2 Å². The van der Waals surface area contributed by atoms with E-state index in [1.807, 2.05) is 56.3 Å². The van der Waals surface area contributed by atoms with E-state index in [0.717, 1.165) is 16.3 Å². The SMILES string of the molecule is CC(C)NCCCC1C(=O)NC(CCCN=C(N)N)C(=O)NC(Cc2ccc3ccccc3c2)C(=O)NCC(=O)NC(Cc2ccc(O)cc2)C(=O)N1C. The first-order valence-electron chi connectivity index (χ1n) is 18.3. The highest BCUT2D eigenvalue weighted by Crippen LogP contribution is 2.18. The van der Waals surface area contributed by atoms with Gasteiger partial charge in [0.15, 0.2) is 5.96 Å². The maximum Gasteiger partial charge on any atom is 0.245 e. The number of amides is 5. The third-order valence-corrected chi connectivity index (χ3v) is 9.22. The Bertz CT molecular complexity index is 1790. The van der Waals surface area contributed by atoms with E-state index in [1.165, 1.54) is 24.1 Å². The van der Waals surface area contributed by atoms with Crippen molar-refractivity contribution in [3.8, 4) is 5.75 Å². The minimum Gasteiger partial charge on any atom is -0.508 e. The third-order valence-electron chi connectivity index (χ3n) is 9.22. The number of aromatic hydroxyl groups is 1. The van der Waals surface area contributed by atoms with E-state index in [-0.39, 0.29) is 50.0 Å². The number of guanidine groups is 1. The molecule has 1 aliphatic heterocycles. The highest BCUT2D eigenvalue weighted by molar-refractivity contribution is 5.97. The van der Waals surface area contributed by atoms with Gasteiger partial charge in [0, 0.05) is 32.5 Å². The smallest absolute Gasteiger partial charge is 0.245 e. The van der Waals surface area contributed by atoms with Crippen LogP contribution in [0.3, 0.4) is 0 Å². The van der Waals surface area contributed by atoms with Crippen molar-refractivity contribution < 1.29 is 29.1 Å². The number of nitrogens with two attached hydrogens (primary N) is 2. The van der Waals surface area contributed by atoms with Crippen LogP contribution in [0.15, 0.2) is 71.7 Å². The first-order valence-corrected chi connectivity index (χ1v) is 18.3. The Morgan fingerprint density at radius 1 is 0.815 bits per heavy atom. The molecule has 10 N–H and O–H groups in total. The lowest BCUT2D eigenvalue weighted by molar-refractivity contribution is -0.142. The molecular formula is C39H53N9O6. The van der Waals surface area contributed by atoms with Crippen molar-refractivity contribution in [2.24, 2.45) is 16.5 Å². The third kappa shape index (κ3) is 12.5. The molecule has 1 fully saturated rings. The Kier molecular flexibility index (Phi) is 15.2. The molecule has 4 unspecified atom stereocenters. The van der Waals surface area contributed by atoms with Gasteiger partial charge in [-0.2, -0.15) is 0 Å². The van der Waals surface area contributed by atoms with E-state index >= 15 is 0 Å². The minimum atomic E-state index is -1.12. The van der Waals surface area contributed by atoms with Crippen LogP contribution in [0.2, 0.25) is 0 Å². The number of phenols is 1. The van der Waals surface area contributed by atoms with Gasteiger partial charge in [-0.3, -0.25) is 29.0 Å². The summed E-state index contributed by atoms with van der Waals surface area (Å²) in [5.41, 5.74) is 12.4. The number of rotatable bonds is 13. The molecule has 290 valence electrons. The Labute approximate surface area is 315 Å². The fourth-order valence-electron chi connectivity index (χ4n) is 6.31. The molecule has 4 rings (SSSR count). The molecular weight excluding hydrogens is 690 g/mol. The summed E-state index contributed by atoms with van der Waals surface area (Å²) < 4.78 is 0. The number of nitrogens with zero attached hydrogens (tertiary/aromatic N) is 2. The number of carbonyl (C=O) groups excluding carboxylic acids is 5. The average molecular weight is 744 g/mol. The van der Waals surface area contributed by atoms with Crippen LogP contribution >= 0.6 is 0 Å². The van der Waals surface area contributed by atoms with Crippen LogP contribution < -0.4 is 38.1 Å². The molecule has 1 aliphatic rings. The highest BCUT2D eigenvalue weighted by Gasteiger charge is 2.35. The minimum absolute atomic E-state index is 0.0389. The van der Waals surface area contributed by atoms with Gasteiger partial charge in [0.2, 0.25) is 29.5 Å². The van der Waals surface area contributed by atoms with Crippen molar-refractivity contribution in [3.05, 3.63) is 77.9 Å². The van der Waals surface area contributed by atoms with Gasteiger partial charge >= 0.3 is 0 Å². The zero-order valence-corrected chi connectivity index (χ0v) is 31.1. The molecule has 0 bridgehead atoms. The summed E-state index contributed by atoms with van der Waals surface area (Å²) in [6.45, 7) is 4.29. The van der Waals surface area contributed by atoms with Crippen LogP contribution in [0, 0.1) is 0 Å². The Morgan fingerprint density at radius 2 is 1.48 bits per heavy atom. The zero-order valence-electron chi connectivity index (χ0n) is 31.1. The topological polar surface area (TPSA) is 233 Å². The van der Waals surface area contributed by atoms with Crippen molar-refractivity contribution in [3.63, 3.8) is 0 Å². The first-order chi connectivity index (χ1) is 25.8. The lowest BCUT2D eigenvalue weighted by Crippen LogP contribution is -2.58. The molecule has 5 amide bonds. The largest absolute Gasteiger partial charge is 0.508 e. The van der Waals surface area contributed by atoms with Crippen molar-refractivity contribution >= 4 is 46.3 Å². The fraction of sp³-hybridized carbons (Fsp3) is 0.436. The number of aliphatic imine (C=N–C) groups is 1. The van der Waals surface area contributed by atoms with Crippen molar-refractivity contribution in [1.82, 2.24) is 31.5 Å². The average Bonchev–Trinajstić information content (AvgIpc) is 3.14. The number of carbonyl (C=O) groups is 5. The van der Waals surface area contributed by atoms with Gasteiger partial charge in [0.05, 0.1) is 6.54 Å². The van der Waals surface area contributed by atoms with Crippen LogP contribution in [0.5, 0.6) is 5.75 Å². The van der Waals surface area contributed by atoms with Crippen LogP contribution in [-0.4, -0.2) is 102 Å². The van der Waals surface area contributed by atoms with Gasteiger partial charge in [-0.05, 0) is 66.3 Å². The van der Waals surface area contributed by atoms with Crippen LogP contribution in [0.1, 0.15) is 50.7 Å².